The van der Waals surface area contributed by atoms with Gasteiger partial charge in [-0.15, -0.1) is 11.8 Å². The van der Waals surface area contributed by atoms with E-state index in [9.17, 15) is 0 Å². The molecule has 144 valence electrons. The highest BCUT2D eigenvalue weighted by Crippen LogP contribution is 2.34. The minimum absolute atomic E-state index is 0.370. The van der Waals surface area contributed by atoms with Gasteiger partial charge in [-0.25, -0.2) is 0 Å². The van der Waals surface area contributed by atoms with Crippen LogP contribution in [0, 0.1) is 0 Å². The molecule has 0 amide bonds. The summed E-state index contributed by atoms with van der Waals surface area (Å²) >= 11 is 1.76. The zero-order valence-electron chi connectivity index (χ0n) is 16.4. The summed E-state index contributed by atoms with van der Waals surface area (Å²) in [5.41, 5.74) is 3.17. The molecule has 1 aliphatic heterocycles. The van der Waals surface area contributed by atoms with Gasteiger partial charge < -0.3 is 4.42 Å². The zero-order valence-corrected chi connectivity index (χ0v) is 17.2. The fourth-order valence-corrected chi connectivity index (χ4v) is 5.14. The monoisotopic (exact) mass is 396 g/mol. The highest BCUT2D eigenvalue weighted by atomic mass is 32.2. The van der Waals surface area contributed by atoms with Gasteiger partial charge >= 0.3 is 0 Å². The normalized spacial score (nSPS) is 17.7. The van der Waals surface area contributed by atoms with Crippen LogP contribution in [-0.4, -0.2) is 0 Å². The third-order valence-electron chi connectivity index (χ3n) is 5.78. The van der Waals surface area contributed by atoms with Gasteiger partial charge in [0, 0.05) is 0 Å². The van der Waals surface area contributed by atoms with Crippen LogP contribution in [0.2, 0.25) is 0 Å². The molecule has 0 saturated heterocycles. The Hall–Kier alpha value is -2.71. The van der Waals surface area contributed by atoms with E-state index < -0.39 is 0 Å². The Morgan fingerprint density at radius 1 is 0.759 bits per heavy atom. The van der Waals surface area contributed by atoms with E-state index in [1.54, 1.807) is 29.2 Å². The van der Waals surface area contributed by atoms with E-state index in [0.29, 0.717) is 5.25 Å². The maximum Gasteiger partial charge on any atom is 0.120 e. The molecule has 4 aromatic rings. The summed E-state index contributed by atoms with van der Waals surface area (Å²) in [6, 6.07) is 21.9. The smallest absolute Gasteiger partial charge is 0.120 e. The van der Waals surface area contributed by atoms with Crippen molar-refractivity contribution in [1.82, 2.24) is 0 Å². The molecule has 1 atom stereocenters. The van der Waals surface area contributed by atoms with Crippen LogP contribution in [-0.2, 0) is 12.8 Å². The topological polar surface area (TPSA) is 13.1 Å². The van der Waals surface area contributed by atoms with Gasteiger partial charge in [-0.3, -0.25) is 0 Å². The summed E-state index contributed by atoms with van der Waals surface area (Å²) in [4.78, 5) is 0. The summed E-state index contributed by atoms with van der Waals surface area (Å²) in [7, 11) is 0. The first kappa shape index (κ1) is 18.3. The standard InChI is InChI=1S/C18H16.C9H8OS/c1-3-7-15-13(5-1)9-11-18-16-8-4-2-6-14(16)10-12-17(15)18;1-2-7-11-9(5-1)8-4-3-6-10-8/h1,3,5,7,9-12H,2,4,6,8H2;1-7,9H. The van der Waals surface area contributed by atoms with E-state index in [0.717, 1.165) is 5.76 Å². The first-order valence-corrected chi connectivity index (χ1v) is 11.3. The van der Waals surface area contributed by atoms with Crippen molar-refractivity contribution >= 4 is 33.3 Å². The predicted octanol–water partition coefficient (Wildman–Crippen LogP) is 8.01. The third-order valence-corrected chi connectivity index (χ3v) is 6.78. The fraction of sp³-hybridized carbons (Fsp3) is 0.185. The Morgan fingerprint density at radius 3 is 2.52 bits per heavy atom. The van der Waals surface area contributed by atoms with Gasteiger partial charge in [0.25, 0.3) is 0 Å². The Kier molecular flexibility index (Phi) is 5.27. The molecule has 0 saturated carbocycles. The van der Waals surface area contributed by atoms with Gasteiger partial charge in [-0.1, -0.05) is 66.8 Å². The number of aryl methyl sites for hydroxylation is 2. The minimum Gasteiger partial charge on any atom is -0.468 e. The van der Waals surface area contributed by atoms with Crippen molar-refractivity contribution < 1.29 is 4.42 Å². The molecule has 1 aromatic heterocycles. The molecule has 1 nitrogen and oxygen atoms in total. The van der Waals surface area contributed by atoms with Gasteiger partial charge in [0.15, 0.2) is 0 Å². The lowest BCUT2D eigenvalue weighted by molar-refractivity contribution is 0.520. The number of fused-ring (bicyclic) bond motifs is 5. The van der Waals surface area contributed by atoms with E-state index in [1.165, 1.54) is 47.2 Å². The number of benzene rings is 3. The zero-order chi connectivity index (χ0) is 19.5. The third kappa shape index (κ3) is 3.77. The van der Waals surface area contributed by atoms with Gasteiger partial charge in [0.1, 0.15) is 5.76 Å². The molecule has 1 aliphatic carbocycles. The lowest BCUT2D eigenvalue weighted by Gasteiger charge is -2.18. The molecule has 0 fully saturated rings. The SMILES string of the molecule is C1=CSC(c2ccco2)C=C1.c1ccc2c(c1)ccc1c3c(ccc12)CCCC3. The van der Waals surface area contributed by atoms with Crippen molar-refractivity contribution in [2.75, 3.05) is 0 Å². The molecule has 6 rings (SSSR count). The van der Waals surface area contributed by atoms with Crippen LogP contribution in [0.25, 0.3) is 21.5 Å². The van der Waals surface area contributed by atoms with Crippen LogP contribution in [0.5, 0.6) is 0 Å². The molecular weight excluding hydrogens is 372 g/mol. The van der Waals surface area contributed by atoms with Crippen LogP contribution in [0.4, 0.5) is 0 Å². The number of allylic oxidation sites excluding steroid dienone is 2. The van der Waals surface area contributed by atoms with Crippen LogP contribution >= 0.6 is 11.8 Å². The number of rotatable bonds is 1. The van der Waals surface area contributed by atoms with E-state index in [4.69, 9.17) is 4.42 Å². The number of thioether (sulfide) groups is 1. The molecular formula is C27H24OS. The van der Waals surface area contributed by atoms with Gasteiger partial charge in [-0.2, -0.15) is 0 Å². The average molecular weight is 397 g/mol. The second kappa shape index (κ2) is 8.34. The van der Waals surface area contributed by atoms with Crippen molar-refractivity contribution in [3.05, 3.63) is 107 Å². The number of hydrogen-bond donors (Lipinski definition) is 0. The Balaban J connectivity index is 0.000000142. The van der Waals surface area contributed by atoms with Crippen molar-refractivity contribution in [3.63, 3.8) is 0 Å². The van der Waals surface area contributed by atoms with Crippen LogP contribution in [0.15, 0.2) is 95.0 Å². The molecule has 0 radical (unpaired) electrons. The van der Waals surface area contributed by atoms with E-state index in [1.807, 2.05) is 24.3 Å². The molecule has 2 heteroatoms. The first-order valence-electron chi connectivity index (χ1n) is 10.3. The number of furan rings is 1. The Morgan fingerprint density at radius 2 is 1.66 bits per heavy atom. The maximum atomic E-state index is 5.27. The lowest BCUT2D eigenvalue weighted by Crippen LogP contribution is -2.02. The van der Waals surface area contributed by atoms with Crippen molar-refractivity contribution in [2.45, 2.75) is 30.9 Å². The summed E-state index contributed by atoms with van der Waals surface area (Å²) in [6.45, 7) is 0. The molecule has 2 heterocycles. The Bertz CT molecular complexity index is 1180. The minimum atomic E-state index is 0.370. The Labute approximate surface area is 176 Å². The molecule has 0 N–H and O–H groups in total. The summed E-state index contributed by atoms with van der Waals surface area (Å²) < 4.78 is 5.27. The van der Waals surface area contributed by atoms with E-state index >= 15 is 0 Å². The van der Waals surface area contributed by atoms with E-state index in [-0.39, 0.29) is 0 Å². The second-order valence-corrected chi connectivity index (χ2v) is 8.63. The lowest BCUT2D eigenvalue weighted by atomic mass is 9.86. The quantitative estimate of drug-likeness (QED) is 0.302. The van der Waals surface area contributed by atoms with Crippen molar-refractivity contribution in [2.24, 2.45) is 0 Å². The van der Waals surface area contributed by atoms with Gasteiger partial charge in [0.2, 0.25) is 0 Å². The molecule has 0 spiro atoms. The van der Waals surface area contributed by atoms with Crippen molar-refractivity contribution in [1.29, 1.82) is 0 Å². The largest absolute Gasteiger partial charge is 0.468 e. The summed E-state index contributed by atoms with van der Waals surface area (Å²) in [5.74, 6) is 1.02. The highest BCUT2D eigenvalue weighted by molar-refractivity contribution is 8.02. The molecule has 3 aromatic carbocycles. The van der Waals surface area contributed by atoms with Gasteiger partial charge in [-0.05, 0) is 75.9 Å². The van der Waals surface area contributed by atoms with Crippen molar-refractivity contribution in [3.8, 4) is 0 Å². The van der Waals surface area contributed by atoms with E-state index in [2.05, 4.69) is 60.0 Å². The summed E-state index contributed by atoms with van der Waals surface area (Å²) in [6.07, 6.45) is 13.1. The summed E-state index contributed by atoms with van der Waals surface area (Å²) in [5, 5.41) is 8.09. The number of hydrogen-bond acceptors (Lipinski definition) is 2. The predicted molar refractivity (Wildman–Crippen MR) is 125 cm³/mol. The molecule has 1 unspecified atom stereocenters. The second-order valence-electron chi connectivity index (χ2n) is 7.58. The fourth-order valence-electron chi connectivity index (χ4n) is 4.34. The van der Waals surface area contributed by atoms with Crippen LogP contribution in [0.1, 0.15) is 35.0 Å². The highest BCUT2D eigenvalue weighted by Gasteiger charge is 2.13. The van der Waals surface area contributed by atoms with Crippen LogP contribution in [0.3, 0.4) is 0 Å². The van der Waals surface area contributed by atoms with Gasteiger partial charge in [0.05, 0.1) is 11.5 Å². The first-order chi connectivity index (χ1) is 14.4. The molecule has 0 bridgehead atoms. The average Bonchev–Trinajstić information content (AvgIpc) is 3.35. The maximum absolute atomic E-state index is 5.27. The van der Waals surface area contributed by atoms with Crippen LogP contribution < -0.4 is 0 Å². The molecule has 2 aliphatic rings. The molecule has 29 heavy (non-hydrogen) atoms.